The quantitative estimate of drug-likeness (QED) is 0.553. The van der Waals surface area contributed by atoms with Crippen molar-refractivity contribution in [3.05, 3.63) is 48.7 Å². The Kier molecular flexibility index (Phi) is 2.20. The van der Waals surface area contributed by atoms with Gasteiger partial charge in [0.25, 0.3) is 0 Å². The van der Waals surface area contributed by atoms with Gasteiger partial charge in [-0.05, 0) is 24.3 Å². The molecule has 0 saturated carbocycles. The van der Waals surface area contributed by atoms with Crippen LogP contribution in [0.15, 0.2) is 48.7 Å². The summed E-state index contributed by atoms with van der Waals surface area (Å²) in [6.07, 6.45) is 1.69. The molecule has 5 heteroatoms. The van der Waals surface area contributed by atoms with Crippen molar-refractivity contribution in [3.8, 4) is 17.3 Å². The highest BCUT2D eigenvalue weighted by atomic mass is 16.3. The Morgan fingerprint density at radius 1 is 0.900 bits per heavy atom. The molecule has 0 atom stereocenters. The van der Waals surface area contributed by atoms with Crippen molar-refractivity contribution in [2.75, 3.05) is 0 Å². The highest BCUT2D eigenvalue weighted by Crippen LogP contribution is 2.22. The topological polar surface area (TPSA) is 74.7 Å². The van der Waals surface area contributed by atoms with Crippen molar-refractivity contribution >= 4 is 22.1 Å². The van der Waals surface area contributed by atoms with Gasteiger partial charge in [0.05, 0.1) is 28.3 Å². The molecule has 4 rings (SSSR count). The van der Waals surface area contributed by atoms with Crippen LogP contribution in [-0.2, 0) is 0 Å². The Morgan fingerprint density at radius 3 is 2.65 bits per heavy atom. The van der Waals surface area contributed by atoms with Gasteiger partial charge in [-0.25, -0.2) is 9.97 Å². The molecule has 0 aliphatic heterocycles. The molecule has 2 heterocycles. The number of imidazole rings is 1. The number of phenols is 1. The van der Waals surface area contributed by atoms with Gasteiger partial charge in [0.1, 0.15) is 11.4 Å². The third-order valence-corrected chi connectivity index (χ3v) is 3.16. The van der Waals surface area contributed by atoms with E-state index in [-0.39, 0.29) is 5.75 Å². The first-order chi connectivity index (χ1) is 9.79. The lowest BCUT2D eigenvalue weighted by Gasteiger charge is -1.98. The van der Waals surface area contributed by atoms with Crippen LogP contribution in [0.4, 0.5) is 0 Å². The van der Waals surface area contributed by atoms with Gasteiger partial charge >= 0.3 is 0 Å². The molecule has 0 saturated heterocycles. The fourth-order valence-corrected chi connectivity index (χ4v) is 2.19. The zero-order valence-corrected chi connectivity index (χ0v) is 10.4. The molecule has 2 aromatic heterocycles. The minimum Gasteiger partial charge on any atom is -0.508 e. The molecule has 0 spiro atoms. The molecule has 0 bridgehead atoms. The lowest BCUT2D eigenvalue weighted by atomic mass is 10.3. The van der Waals surface area contributed by atoms with Gasteiger partial charge in [0, 0.05) is 6.07 Å². The van der Waals surface area contributed by atoms with Gasteiger partial charge in [-0.3, -0.25) is 4.98 Å². The van der Waals surface area contributed by atoms with E-state index < -0.39 is 0 Å². The number of fused-ring (bicyclic) bond motifs is 2. The number of nitrogens with zero attached hydrogens (tertiary/aromatic N) is 3. The standard InChI is InChI=1S/C15H10N4O/c20-9-5-6-12-13(7-9)19-15(18-12)14-8-16-10-3-1-2-4-11(10)17-14/h1-8,20H,(H,18,19). The summed E-state index contributed by atoms with van der Waals surface area (Å²) in [5, 5.41) is 9.48. The number of aromatic nitrogens is 4. The Balaban J connectivity index is 1.91. The number of phenolic OH excluding ortho intramolecular Hbond substituents is 1. The zero-order valence-electron chi connectivity index (χ0n) is 10.4. The molecule has 20 heavy (non-hydrogen) atoms. The lowest BCUT2D eigenvalue weighted by molar-refractivity contribution is 0.476. The summed E-state index contributed by atoms with van der Waals surface area (Å²) >= 11 is 0. The summed E-state index contributed by atoms with van der Waals surface area (Å²) in [7, 11) is 0. The number of hydrogen-bond donors (Lipinski definition) is 2. The number of aromatic hydroxyl groups is 1. The molecule has 2 aromatic carbocycles. The summed E-state index contributed by atoms with van der Waals surface area (Å²) in [5.74, 6) is 0.848. The molecule has 5 nitrogen and oxygen atoms in total. The minimum absolute atomic E-state index is 0.206. The van der Waals surface area contributed by atoms with Crippen molar-refractivity contribution in [1.82, 2.24) is 19.9 Å². The van der Waals surface area contributed by atoms with Gasteiger partial charge in [-0.1, -0.05) is 12.1 Å². The predicted octanol–water partition coefficient (Wildman–Crippen LogP) is 2.88. The number of H-pyrrole nitrogens is 1. The Morgan fingerprint density at radius 2 is 1.75 bits per heavy atom. The van der Waals surface area contributed by atoms with Crippen LogP contribution in [0.1, 0.15) is 0 Å². The van der Waals surface area contributed by atoms with Crippen molar-refractivity contribution in [3.63, 3.8) is 0 Å². The zero-order chi connectivity index (χ0) is 13.5. The van der Waals surface area contributed by atoms with E-state index in [4.69, 9.17) is 0 Å². The number of nitrogens with one attached hydrogen (secondary N) is 1. The Bertz CT molecular complexity index is 929. The largest absolute Gasteiger partial charge is 0.508 e. The van der Waals surface area contributed by atoms with Crippen molar-refractivity contribution in [2.24, 2.45) is 0 Å². The number of benzene rings is 2. The molecule has 0 amide bonds. The van der Waals surface area contributed by atoms with E-state index in [0.717, 1.165) is 22.1 Å². The molecular formula is C15H10N4O. The Labute approximate surface area is 114 Å². The fraction of sp³-hybridized carbons (Fsp3) is 0. The fourth-order valence-electron chi connectivity index (χ4n) is 2.19. The highest BCUT2D eigenvalue weighted by molar-refractivity contribution is 5.81. The molecule has 0 fully saturated rings. The third-order valence-electron chi connectivity index (χ3n) is 3.16. The first-order valence-electron chi connectivity index (χ1n) is 6.20. The van der Waals surface area contributed by atoms with Crippen molar-refractivity contribution in [2.45, 2.75) is 0 Å². The second-order valence-corrected chi connectivity index (χ2v) is 4.53. The monoisotopic (exact) mass is 262 g/mol. The minimum atomic E-state index is 0.206. The molecule has 0 radical (unpaired) electrons. The summed E-state index contributed by atoms with van der Waals surface area (Å²) < 4.78 is 0. The molecule has 96 valence electrons. The number of para-hydroxylation sites is 2. The Hall–Kier alpha value is -2.95. The average molecular weight is 262 g/mol. The summed E-state index contributed by atoms with van der Waals surface area (Å²) in [4.78, 5) is 16.5. The average Bonchev–Trinajstić information content (AvgIpc) is 2.89. The molecule has 0 aliphatic carbocycles. The van der Waals surface area contributed by atoms with E-state index in [1.807, 2.05) is 24.3 Å². The summed E-state index contributed by atoms with van der Waals surface area (Å²) in [6.45, 7) is 0. The van der Waals surface area contributed by atoms with E-state index in [9.17, 15) is 5.11 Å². The van der Waals surface area contributed by atoms with E-state index in [1.54, 1.807) is 24.4 Å². The van der Waals surface area contributed by atoms with Gasteiger partial charge in [-0.15, -0.1) is 0 Å². The van der Waals surface area contributed by atoms with Crippen LogP contribution < -0.4 is 0 Å². The van der Waals surface area contributed by atoms with E-state index in [0.29, 0.717) is 11.5 Å². The SMILES string of the molecule is Oc1ccc2nc(-c3cnc4ccccc4n3)[nH]c2c1. The molecular weight excluding hydrogens is 252 g/mol. The number of hydrogen-bond acceptors (Lipinski definition) is 4. The van der Waals surface area contributed by atoms with Crippen LogP contribution in [0.3, 0.4) is 0 Å². The van der Waals surface area contributed by atoms with Gasteiger partial charge in [-0.2, -0.15) is 0 Å². The van der Waals surface area contributed by atoms with Crippen LogP contribution in [0.5, 0.6) is 5.75 Å². The van der Waals surface area contributed by atoms with Crippen LogP contribution in [-0.4, -0.2) is 25.0 Å². The van der Waals surface area contributed by atoms with Crippen molar-refractivity contribution < 1.29 is 5.11 Å². The third kappa shape index (κ3) is 1.68. The van der Waals surface area contributed by atoms with Gasteiger partial charge in [0.2, 0.25) is 0 Å². The first-order valence-corrected chi connectivity index (χ1v) is 6.20. The van der Waals surface area contributed by atoms with Crippen LogP contribution in [0, 0.1) is 0 Å². The van der Waals surface area contributed by atoms with Gasteiger partial charge in [0.15, 0.2) is 5.82 Å². The maximum Gasteiger partial charge on any atom is 0.158 e. The first kappa shape index (κ1) is 10.9. The second kappa shape index (κ2) is 4.03. The van der Waals surface area contributed by atoms with E-state index >= 15 is 0 Å². The van der Waals surface area contributed by atoms with Gasteiger partial charge < -0.3 is 10.1 Å². The smallest absolute Gasteiger partial charge is 0.158 e. The molecule has 0 unspecified atom stereocenters. The van der Waals surface area contributed by atoms with Crippen LogP contribution >= 0.6 is 0 Å². The van der Waals surface area contributed by atoms with E-state index in [1.165, 1.54) is 0 Å². The number of aromatic amines is 1. The van der Waals surface area contributed by atoms with E-state index in [2.05, 4.69) is 19.9 Å². The maximum atomic E-state index is 9.48. The maximum absolute atomic E-state index is 9.48. The number of rotatable bonds is 1. The predicted molar refractivity (Wildman–Crippen MR) is 76.3 cm³/mol. The van der Waals surface area contributed by atoms with Crippen molar-refractivity contribution in [1.29, 1.82) is 0 Å². The van der Waals surface area contributed by atoms with Crippen LogP contribution in [0.25, 0.3) is 33.6 Å². The highest BCUT2D eigenvalue weighted by Gasteiger charge is 2.08. The molecule has 4 aromatic rings. The summed E-state index contributed by atoms with van der Waals surface area (Å²) in [6, 6.07) is 12.7. The normalized spacial score (nSPS) is 11.2. The molecule has 0 aliphatic rings. The summed E-state index contributed by atoms with van der Waals surface area (Å²) in [5.41, 5.74) is 3.92. The lowest BCUT2D eigenvalue weighted by Crippen LogP contribution is -1.89. The molecule has 2 N–H and O–H groups in total. The second-order valence-electron chi connectivity index (χ2n) is 4.53. The van der Waals surface area contributed by atoms with Crippen LogP contribution in [0.2, 0.25) is 0 Å².